The van der Waals surface area contributed by atoms with Gasteiger partial charge in [0.2, 0.25) is 0 Å². The largest absolute Gasteiger partial charge is 0.481 e. The SMILES string of the molecule is CCOC(=O)C1=C(CN2CCO[C@H](CC(C)C(=O)O)C2)NC(c2nccs2)=NC1. The lowest BCUT2D eigenvalue weighted by atomic mass is 10.0. The summed E-state index contributed by atoms with van der Waals surface area (Å²) in [6.07, 6.45) is 2.01. The molecule has 1 fully saturated rings. The van der Waals surface area contributed by atoms with Crippen molar-refractivity contribution in [1.29, 1.82) is 0 Å². The van der Waals surface area contributed by atoms with E-state index in [1.165, 1.54) is 11.3 Å². The van der Waals surface area contributed by atoms with Gasteiger partial charge < -0.3 is 19.9 Å². The number of rotatable bonds is 8. The zero-order valence-corrected chi connectivity index (χ0v) is 17.4. The molecule has 1 aromatic rings. The smallest absolute Gasteiger partial charge is 0.337 e. The van der Waals surface area contributed by atoms with Crippen LogP contribution in [0.3, 0.4) is 0 Å². The molecule has 10 heteroatoms. The molecule has 1 saturated heterocycles. The first-order valence-electron chi connectivity index (χ1n) is 9.65. The van der Waals surface area contributed by atoms with E-state index < -0.39 is 11.9 Å². The van der Waals surface area contributed by atoms with Gasteiger partial charge in [-0.25, -0.2) is 9.78 Å². The van der Waals surface area contributed by atoms with Gasteiger partial charge in [0.05, 0.1) is 37.4 Å². The second-order valence-electron chi connectivity index (χ2n) is 7.01. The highest BCUT2D eigenvalue weighted by Crippen LogP contribution is 2.19. The summed E-state index contributed by atoms with van der Waals surface area (Å²) < 4.78 is 10.9. The van der Waals surface area contributed by atoms with Crippen molar-refractivity contribution in [2.45, 2.75) is 26.4 Å². The Labute approximate surface area is 173 Å². The predicted molar refractivity (Wildman–Crippen MR) is 108 cm³/mol. The van der Waals surface area contributed by atoms with Gasteiger partial charge >= 0.3 is 11.9 Å². The molecule has 2 aliphatic rings. The van der Waals surface area contributed by atoms with E-state index in [0.717, 1.165) is 10.7 Å². The summed E-state index contributed by atoms with van der Waals surface area (Å²) in [5.41, 5.74) is 1.25. The molecule has 158 valence electrons. The number of morpholine rings is 1. The maximum Gasteiger partial charge on any atom is 0.337 e. The van der Waals surface area contributed by atoms with E-state index in [-0.39, 0.29) is 18.6 Å². The Bertz CT molecular complexity index is 793. The Morgan fingerprint density at radius 1 is 1.52 bits per heavy atom. The van der Waals surface area contributed by atoms with Crippen LogP contribution in [0.5, 0.6) is 0 Å². The molecular weight excluding hydrogens is 396 g/mol. The third-order valence-electron chi connectivity index (χ3n) is 4.83. The summed E-state index contributed by atoms with van der Waals surface area (Å²) >= 11 is 1.47. The van der Waals surface area contributed by atoms with Gasteiger partial charge in [0.1, 0.15) is 0 Å². The third kappa shape index (κ3) is 5.62. The number of thiazole rings is 1. The Kier molecular flexibility index (Phi) is 7.34. The van der Waals surface area contributed by atoms with Crippen LogP contribution in [0.1, 0.15) is 25.3 Å². The first-order chi connectivity index (χ1) is 14.0. The average molecular weight is 423 g/mol. The summed E-state index contributed by atoms with van der Waals surface area (Å²) in [6.45, 7) is 6.31. The number of carboxylic acid groups (broad SMARTS) is 1. The quantitative estimate of drug-likeness (QED) is 0.599. The fourth-order valence-electron chi connectivity index (χ4n) is 3.30. The Morgan fingerprint density at radius 2 is 2.34 bits per heavy atom. The van der Waals surface area contributed by atoms with Gasteiger partial charge in [-0.1, -0.05) is 6.92 Å². The first-order valence-corrected chi connectivity index (χ1v) is 10.5. The number of nitrogens with zero attached hydrogens (tertiary/aromatic N) is 3. The van der Waals surface area contributed by atoms with Gasteiger partial charge in [-0.2, -0.15) is 0 Å². The average Bonchev–Trinajstić information content (AvgIpc) is 3.23. The summed E-state index contributed by atoms with van der Waals surface area (Å²) in [7, 11) is 0. The minimum Gasteiger partial charge on any atom is -0.481 e. The van der Waals surface area contributed by atoms with Crippen LogP contribution < -0.4 is 5.32 Å². The van der Waals surface area contributed by atoms with Crippen LogP contribution in [0.4, 0.5) is 0 Å². The molecule has 0 amide bonds. The van der Waals surface area contributed by atoms with E-state index in [0.29, 0.717) is 50.7 Å². The molecule has 2 aliphatic heterocycles. The van der Waals surface area contributed by atoms with E-state index in [9.17, 15) is 9.59 Å². The number of carbonyl (C=O) groups is 2. The van der Waals surface area contributed by atoms with Crippen molar-refractivity contribution in [3.8, 4) is 0 Å². The van der Waals surface area contributed by atoms with E-state index in [4.69, 9.17) is 14.6 Å². The number of ether oxygens (including phenoxy) is 2. The maximum absolute atomic E-state index is 12.4. The highest BCUT2D eigenvalue weighted by molar-refractivity contribution is 7.11. The molecule has 3 heterocycles. The van der Waals surface area contributed by atoms with E-state index in [1.54, 1.807) is 20.0 Å². The van der Waals surface area contributed by atoms with Crippen molar-refractivity contribution in [3.63, 3.8) is 0 Å². The lowest BCUT2D eigenvalue weighted by molar-refractivity contribution is -0.143. The molecule has 3 rings (SSSR count). The molecule has 0 radical (unpaired) electrons. The van der Waals surface area contributed by atoms with Gasteiger partial charge in [-0.15, -0.1) is 11.3 Å². The van der Waals surface area contributed by atoms with Crippen molar-refractivity contribution >= 4 is 29.1 Å². The summed E-state index contributed by atoms with van der Waals surface area (Å²) in [5, 5.41) is 15.1. The molecule has 2 atom stereocenters. The number of hydrogen-bond acceptors (Lipinski definition) is 9. The van der Waals surface area contributed by atoms with Gasteiger partial charge in [0.25, 0.3) is 0 Å². The molecule has 0 spiro atoms. The summed E-state index contributed by atoms with van der Waals surface area (Å²) in [4.78, 5) is 34.5. The first kappa shape index (κ1) is 21.4. The van der Waals surface area contributed by atoms with E-state index in [1.807, 2.05) is 5.38 Å². The number of nitrogens with one attached hydrogen (secondary N) is 1. The highest BCUT2D eigenvalue weighted by Gasteiger charge is 2.29. The molecule has 2 N–H and O–H groups in total. The topological polar surface area (TPSA) is 113 Å². The van der Waals surface area contributed by atoms with Crippen molar-refractivity contribution < 1.29 is 24.2 Å². The number of hydrogen-bond donors (Lipinski definition) is 2. The normalized spacial score (nSPS) is 21.3. The van der Waals surface area contributed by atoms with Crippen LogP contribution in [-0.2, 0) is 19.1 Å². The number of aliphatic carboxylic acids is 1. The Hall–Kier alpha value is -2.30. The number of carbonyl (C=O) groups excluding carboxylic acids is 1. The van der Waals surface area contributed by atoms with Crippen LogP contribution in [0.15, 0.2) is 27.8 Å². The summed E-state index contributed by atoms with van der Waals surface area (Å²) in [6, 6.07) is 0. The summed E-state index contributed by atoms with van der Waals surface area (Å²) in [5.74, 6) is -1.02. The fourth-order valence-corrected chi connectivity index (χ4v) is 3.90. The minimum absolute atomic E-state index is 0.155. The molecule has 29 heavy (non-hydrogen) atoms. The predicted octanol–water partition coefficient (Wildman–Crippen LogP) is 1.12. The van der Waals surface area contributed by atoms with Crippen LogP contribution >= 0.6 is 11.3 Å². The number of aliphatic imine (C=N–C) groups is 1. The molecule has 0 aliphatic carbocycles. The Morgan fingerprint density at radius 3 is 3.03 bits per heavy atom. The molecule has 0 aromatic carbocycles. The van der Waals surface area contributed by atoms with E-state index in [2.05, 4.69) is 20.2 Å². The molecular formula is C19H26N4O5S. The van der Waals surface area contributed by atoms with Gasteiger partial charge in [-0.3, -0.25) is 14.7 Å². The fraction of sp³-hybridized carbons (Fsp3) is 0.579. The zero-order valence-electron chi connectivity index (χ0n) is 16.6. The van der Waals surface area contributed by atoms with Crippen LogP contribution in [0.25, 0.3) is 0 Å². The van der Waals surface area contributed by atoms with Gasteiger partial charge in [0.15, 0.2) is 10.8 Å². The lowest BCUT2D eigenvalue weighted by Crippen LogP contribution is -2.47. The highest BCUT2D eigenvalue weighted by atomic mass is 32.1. The van der Waals surface area contributed by atoms with E-state index >= 15 is 0 Å². The molecule has 1 aromatic heterocycles. The monoisotopic (exact) mass is 422 g/mol. The van der Waals surface area contributed by atoms with Crippen LogP contribution in [0.2, 0.25) is 0 Å². The second-order valence-corrected chi connectivity index (χ2v) is 7.90. The minimum atomic E-state index is -0.823. The zero-order chi connectivity index (χ0) is 20.8. The molecule has 1 unspecified atom stereocenters. The standard InChI is InChI=1S/C19H26N4O5S/c1-3-27-19(26)14-9-21-16(17-20-4-7-29-17)22-15(14)11-23-5-6-28-13(10-23)8-12(2)18(24)25/h4,7,12-13H,3,5-6,8-11H2,1-2H3,(H,21,22)(H,24,25)/t12?,13-/m1/s1. The van der Waals surface area contributed by atoms with Crippen LogP contribution in [-0.4, -0.2) is 78.3 Å². The van der Waals surface area contributed by atoms with Crippen molar-refractivity contribution in [1.82, 2.24) is 15.2 Å². The number of esters is 1. The lowest BCUT2D eigenvalue weighted by Gasteiger charge is -2.35. The Balaban J connectivity index is 1.71. The second kappa shape index (κ2) is 9.95. The number of amidine groups is 1. The number of aromatic nitrogens is 1. The maximum atomic E-state index is 12.4. The molecule has 9 nitrogen and oxygen atoms in total. The molecule has 0 saturated carbocycles. The van der Waals surface area contributed by atoms with Crippen LogP contribution in [0, 0.1) is 5.92 Å². The van der Waals surface area contributed by atoms with Gasteiger partial charge in [-0.05, 0) is 13.3 Å². The van der Waals surface area contributed by atoms with Gasteiger partial charge in [0, 0.05) is 36.9 Å². The third-order valence-corrected chi connectivity index (χ3v) is 5.61. The van der Waals surface area contributed by atoms with Crippen molar-refractivity contribution in [2.75, 3.05) is 39.4 Å². The molecule has 0 bridgehead atoms. The number of carboxylic acids is 1. The van der Waals surface area contributed by atoms with Crippen molar-refractivity contribution in [3.05, 3.63) is 27.9 Å². The van der Waals surface area contributed by atoms with Crippen molar-refractivity contribution in [2.24, 2.45) is 10.9 Å².